The number of carbonyl (C=O) groups excluding carboxylic acids is 2. The molecule has 1 fully saturated rings. The SMILES string of the molecule is CC(=O)CCc1ccc(OCC(=O)Nc2ccc(N3CCN(C)CC3)c(Cl)c2)cc1. The molecule has 1 heterocycles. The van der Waals surface area contributed by atoms with Crippen LogP contribution >= 0.6 is 11.6 Å². The van der Waals surface area contributed by atoms with Crippen LogP contribution in [-0.2, 0) is 16.0 Å². The van der Waals surface area contributed by atoms with Crippen LogP contribution < -0.4 is 15.0 Å². The molecule has 0 bridgehead atoms. The summed E-state index contributed by atoms with van der Waals surface area (Å²) >= 11 is 6.46. The Hall–Kier alpha value is -2.57. The number of anilines is 2. The zero-order chi connectivity index (χ0) is 21.5. The lowest BCUT2D eigenvalue weighted by Gasteiger charge is -2.34. The minimum atomic E-state index is -0.251. The Labute approximate surface area is 182 Å². The molecule has 3 rings (SSSR count). The standard InChI is InChI=1S/C23H28ClN3O3/c1-17(28)3-4-18-5-8-20(9-6-18)30-16-23(29)25-19-7-10-22(21(24)15-19)27-13-11-26(2)12-14-27/h5-10,15H,3-4,11-14,16H2,1-2H3,(H,25,29). The number of benzene rings is 2. The molecule has 0 spiro atoms. The van der Waals surface area contributed by atoms with Crippen LogP contribution in [0.4, 0.5) is 11.4 Å². The summed E-state index contributed by atoms with van der Waals surface area (Å²) in [4.78, 5) is 27.8. The van der Waals surface area contributed by atoms with Crippen molar-refractivity contribution in [3.8, 4) is 5.75 Å². The fourth-order valence-corrected chi connectivity index (χ4v) is 3.61. The summed E-state index contributed by atoms with van der Waals surface area (Å²) in [6.07, 6.45) is 1.24. The van der Waals surface area contributed by atoms with Crippen molar-refractivity contribution in [1.29, 1.82) is 0 Å². The number of hydrogen-bond donors (Lipinski definition) is 1. The van der Waals surface area contributed by atoms with Gasteiger partial charge in [0.05, 0.1) is 10.7 Å². The van der Waals surface area contributed by atoms with E-state index in [9.17, 15) is 9.59 Å². The Morgan fingerprint density at radius 3 is 2.40 bits per heavy atom. The van der Waals surface area contributed by atoms with E-state index in [0.29, 0.717) is 29.3 Å². The minimum Gasteiger partial charge on any atom is -0.484 e. The van der Waals surface area contributed by atoms with E-state index in [-0.39, 0.29) is 18.3 Å². The summed E-state index contributed by atoms with van der Waals surface area (Å²) in [6, 6.07) is 13.0. The molecule has 0 aliphatic carbocycles. The fraction of sp³-hybridized carbons (Fsp3) is 0.391. The molecule has 2 aromatic rings. The molecule has 0 radical (unpaired) electrons. The van der Waals surface area contributed by atoms with Crippen LogP contribution in [0.5, 0.6) is 5.75 Å². The molecular formula is C23H28ClN3O3. The number of nitrogens with one attached hydrogen (secondary N) is 1. The highest BCUT2D eigenvalue weighted by Gasteiger charge is 2.17. The fourth-order valence-electron chi connectivity index (χ4n) is 3.31. The molecule has 0 unspecified atom stereocenters. The van der Waals surface area contributed by atoms with Gasteiger partial charge in [-0.3, -0.25) is 4.79 Å². The number of hydrogen-bond acceptors (Lipinski definition) is 5. The number of nitrogens with zero attached hydrogens (tertiary/aromatic N) is 2. The molecule has 6 nitrogen and oxygen atoms in total. The van der Waals surface area contributed by atoms with Crippen LogP contribution in [0.1, 0.15) is 18.9 Å². The second kappa shape index (κ2) is 10.5. The number of carbonyl (C=O) groups is 2. The van der Waals surface area contributed by atoms with Crippen LogP contribution in [0, 0.1) is 0 Å². The molecule has 1 aliphatic rings. The quantitative estimate of drug-likeness (QED) is 0.694. The molecule has 7 heteroatoms. The average Bonchev–Trinajstić information content (AvgIpc) is 2.72. The second-order valence-corrected chi connectivity index (χ2v) is 8.05. The molecule has 0 atom stereocenters. The van der Waals surface area contributed by atoms with Gasteiger partial charge in [-0.25, -0.2) is 0 Å². The molecule has 1 saturated heterocycles. The predicted octanol–water partition coefficient (Wildman–Crippen LogP) is 3.63. The summed E-state index contributed by atoms with van der Waals surface area (Å²) in [5.74, 6) is 0.530. The maximum Gasteiger partial charge on any atom is 0.262 e. The van der Waals surface area contributed by atoms with Crippen molar-refractivity contribution < 1.29 is 14.3 Å². The van der Waals surface area contributed by atoms with E-state index in [2.05, 4.69) is 22.2 Å². The van der Waals surface area contributed by atoms with Crippen LogP contribution in [0.15, 0.2) is 42.5 Å². The van der Waals surface area contributed by atoms with Gasteiger partial charge in [0.2, 0.25) is 0 Å². The highest BCUT2D eigenvalue weighted by molar-refractivity contribution is 6.33. The highest BCUT2D eigenvalue weighted by atomic mass is 35.5. The zero-order valence-corrected chi connectivity index (χ0v) is 18.2. The topological polar surface area (TPSA) is 61.9 Å². The first-order valence-corrected chi connectivity index (χ1v) is 10.5. The van der Waals surface area contributed by atoms with Gasteiger partial charge in [0.25, 0.3) is 5.91 Å². The summed E-state index contributed by atoms with van der Waals surface area (Å²) in [5.41, 5.74) is 2.70. The Morgan fingerprint density at radius 2 is 1.77 bits per heavy atom. The van der Waals surface area contributed by atoms with E-state index in [1.807, 2.05) is 36.4 Å². The normalized spacial score (nSPS) is 14.4. The third-order valence-electron chi connectivity index (χ3n) is 5.13. The number of ether oxygens (including phenoxy) is 1. The first-order chi connectivity index (χ1) is 14.4. The predicted molar refractivity (Wildman–Crippen MR) is 121 cm³/mol. The molecule has 0 aromatic heterocycles. The number of aryl methyl sites for hydroxylation is 1. The summed E-state index contributed by atoms with van der Waals surface area (Å²) < 4.78 is 5.55. The van der Waals surface area contributed by atoms with Gasteiger partial charge in [0.15, 0.2) is 6.61 Å². The summed E-state index contributed by atoms with van der Waals surface area (Å²) in [7, 11) is 2.11. The Kier molecular flexibility index (Phi) is 7.71. The van der Waals surface area contributed by atoms with Gasteiger partial charge < -0.3 is 24.6 Å². The monoisotopic (exact) mass is 429 g/mol. The molecule has 160 valence electrons. The Bertz CT molecular complexity index is 878. The maximum atomic E-state index is 12.2. The number of halogens is 1. The van der Waals surface area contributed by atoms with E-state index >= 15 is 0 Å². The molecule has 1 amide bonds. The van der Waals surface area contributed by atoms with E-state index in [0.717, 1.165) is 37.4 Å². The molecule has 2 aromatic carbocycles. The van der Waals surface area contributed by atoms with Crippen LogP contribution in [-0.4, -0.2) is 56.4 Å². The number of ketones is 1. The van der Waals surface area contributed by atoms with Crippen LogP contribution in [0.2, 0.25) is 5.02 Å². The lowest BCUT2D eigenvalue weighted by molar-refractivity contribution is -0.118. The van der Waals surface area contributed by atoms with Crippen molar-refractivity contribution in [2.45, 2.75) is 19.8 Å². The highest BCUT2D eigenvalue weighted by Crippen LogP contribution is 2.29. The number of likely N-dealkylation sites (N-methyl/N-ethyl adjacent to an activating group) is 1. The lowest BCUT2D eigenvalue weighted by Crippen LogP contribution is -2.44. The lowest BCUT2D eigenvalue weighted by atomic mass is 10.1. The van der Waals surface area contributed by atoms with Crippen LogP contribution in [0.3, 0.4) is 0 Å². The van der Waals surface area contributed by atoms with Crippen molar-refractivity contribution in [2.75, 3.05) is 50.1 Å². The zero-order valence-electron chi connectivity index (χ0n) is 17.5. The summed E-state index contributed by atoms with van der Waals surface area (Å²) in [6.45, 7) is 5.37. The van der Waals surface area contributed by atoms with E-state index < -0.39 is 0 Å². The van der Waals surface area contributed by atoms with Crippen molar-refractivity contribution in [2.24, 2.45) is 0 Å². The Morgan fingerprint density at radius 1 is 1.07 bits per heavy atom. The smallest absolute Gasteiger partial charge is 0.262 e. The van der Waals surface area contributed by atoms with Crippen molar-refractivity contribution in [3.05, 3.63) is 53.1 Å². The largest absolute Gasteiger partial charge is 0.484 e. The van der Waals surface area contributed by atoms with Gasteiger partial charge in [0.1, 0.15) is 11.5 Å². The van der Waals surface area contributed by atoms with Gasteiger partial charge in [-0.05, 0) is 56.3 Å². The van der Waals surface area contributed by atoms with E-state index in [1.54, 1.807) is 13.0 Å². The molecular weight excluding hydrogens is 402 g/mol. The molecule has 1 N–H and O–H groups in total. The van der Waals surface area contributed by atoms with Crippen molar-refractivity contribution in [1.82, 2.24) is 4.90 Å². The van der Waals surface area contributed by atoms with Crippen LogP contribution in [0.25, 0.3) is 0 Å². The summed E-state index contributed by atoms with van der Waals surface area (Å²) in [5, 5.41) is 3.45. The van der Waals surface area contributed by atoms with E-state index in [1.165, 1.54) is 0 Å². The van der Waals surface area contributed by atoms with Crippen molar-refractivity contribution >= 4 is 34.7 Å². The third-order valence-corrected chi connectivity index (χ3v) is 5.44. The number of Topliss-reactive ketones (excluding diaryl/α,β-unsaturated/α-hetero) is 1. The van der Waals surface area contributed by atoms with Crippen molar-refractivity contribution in [3.63, 3.8) is 0 Å². The number of rotatable bonds is 8. The van der Waals surface area contributed by atoms with Gasteiger partial charge in [-0.2, -0.15) is 0 Å². The molecule has 30 heavy (non-hydrogen) atoms. The first-order valence-electron chi connectivity index (χ1n) is 10.1. The van der Waals surface area contributed by atoms with Gasteiger partial charge in [0, 0.05) is 38.3 Å². The van der Waals surface area contributed by atoms with Gasteiger partial charge in [-0.1, -0.05) is 23.7 Å². The first kappa shape index (κ1) is 22.1. The van der Waals surface area contributed by atoms with Gasteiger partial charge in [-0.15, -0.1) is 0 Å². The molecule has 1 aliphatic heterocycles. The van der Waals surface area contributed by atoms with E-state index in [4.69, 9.17) is 16.3 Å². The third kappa shape index (κ3) is 6.47. The number of amides is 1. The maximum absolute atomic E-state index is 12.2. The minimum absolute atomic E-state index is 0.0926. The van der Waals surface area contributed by atoms with Gasteiger partial charge >= 0.3 is 0 Å². The number of piperazine rings is 1. The average molecular weight is 430 g/mol. The second-order valence-electron chi connectivity index (χ2n) is 7.64. The molecule has 0 saturated carbocycles. The Balaban J connectivity index is 1.49.